The van der Waals surface area contributed by atoms with Crippen molar-refractivity contribution in [3.05, 3.63) is 18.2 Å². The molecular weight excluding hydrogens is 266 g/mol. The highest BCUT2D eigenvalue weighted by atomic mass is 35.5. The summed E-state index contributed by atoms with van der Waals surface area (Å²) in [6.07, 6.45) is 1.84. The lowest BCUT2D eigenvalue weighted by Crippen LogP contribution is -2.36. The summed E-state index contributed by atoms with van der Waals surface area (Å²) in [5.41, 5.74) is 0.695. The van der Waals surface area contributed by atoms with E-state index in [1.807, 2.05) is 19.9 Å². The Morgan fingerprint density at radius 1 is 1.26 bits per heavy atom. The van der Waals surface area contributed by atoms with Gasteiger partial charge in [-0.3, -0.25) is 4.79 Å². The van der Waals surface area contributed by atoms with Crippen LogP contribution in [0, 0.1) is 0 Å². The predicted octanol–water partition coefficient (Wildman–Crippen LogP) is 3.54. The van der Waals surface area contributed by atoms with Crippen LogP contribution in [-0.2, 0) is 4.79 Å². The second-order valence-corrected chi connectivity index (χ2v) is 4.85. The molecule has 0 saturated carbocycles. The molecule has 0 aliphatic carbocycles. The Hall–Kier alpha value is -1.42. The number of fused-ring (bicyclic) bond motifs is 1. The van der Waals surface area contributed by atoms with Gasteiger partial charge in [-0.15, -0.1) is 11.6 Å². The maximum Gasteiger partial charge on any atom is 0.251 e. The zero-order valence-corrected chi connectivity index (χ0v) is 11.9. The molecule has 1 heterocycles. The van der Waals surface area contributed by atoms with Gasteiger partial charge in [0.25, 0.3) is 5.79 Å². The first kappa shape index (κ1) is 14.0. The number of benzene rings is 1. The highest BCUT2D eigenvalue weighted by Crippen LogP contribution is 2.43. The van der Waals surface area contributed by atoms with Crippen molar-refractivity contribution in [1.29, 1.82) is 0 Å². The fourth-order valence-electron chi connectivity index (χ4n) is 2.02. The highest BCUT2D eigenvalue weighted by molar-refractivity contribution is 6.19. The lowest BCUT2D eigenvalue weighted by atomic mass is 10.1. The van der Waals surface area contributed by atoms with Gasteiger partial charge >= 0.3 is 0 Å². The molecule has 1 aliphatic heterocycles. The normalized spacial score (nSPS) is 15.3. The van der Waals surface area contributed by atoms with Gasteiger partial charge in [-0.2, -0.15) is 0 Å². The van der Waals surface area contributed by atoms with E-state index in [1.165, 1.54) is 0 Å². The average molecular weight is 284 g/mol. The third-order valence-corrected chi connectivity index (χ3v) is 3.41. The van der Waals surface area contributed by atoms with Crippen LogP contribution in [0.1, 0.15) is 33.1 Å². The minimum Gasteiger partial charge on any atom is -0.448 e. The Morgan fingerprint density at radius 2 is 1.95 bits per heavy atom. The predicted molar refractivity (Wildman–Crippen MR) is 75.0 cm³/mol. The number of amides is 1. The first-order chi connectivity index (χ1) is 9.12. The molecule has 0 aromatic heterocycles. The summed E-state index contributed by atoms with van der Waals surface area (Å²) in [4.78, 5) is 11.5. The van der Waals surface area contributed by atoms with Gasteiger partial charge in [0.15, 0.2) is 11.5 Å². The van der Waals surface area contributed by atoms with Crippen LogP contribution in [0.4, 0.5) is 5.69 Å². The number of rotatable bonds is 5. The zero-order chi connectivity index (χ0) is 13.9. The molecule has 2 rings (SSSR count). The van der Waals surface area contributed by atoms with Crippen LogP contribution in [0.3, 0.4) is 0 Å². The number of nitrogens with one attached hydrogen (secondary N) is 1. The zero-order valence-electron chi connectivity index (χ0n) is 11.2. The maximum absolute atomic E-state index is 11.5. The van der Waals surface area contributed by atoms with E-state index >= 15 is 0 Å². The van der Waals surface area contributed by atoms with Crippen LogP contribution >= 0.6 is 11.6 Å². The third-order valence-electron chi connectivity index (χ3n) is 3.22. The summed E-state index contributed by atoms with van der Waals surface area (Å²) in [7, 11) is 0. The van der Waals surface area contributed by atoms with E-state index in [0.29, 0.717) is 23.7 Å². The number of alkyl halides is 1. The number of hydrogen-bond donors (Lipinski definition) is 1. The lowest BCUT2D eigenvalue weighted by Gasteiger charge is -2.24. The first-order valence-electron chi connectivity index (χ1n) is 6.50. The van der Waals surface area contributed by atoms with E-state index in [4.69, 9.17) is 21.1 Å². The Labute approximate surface area is 118 Å². The van der Waals surface area contributed by atoms with Crippen molar-refractivity contribution in [1.82, 2.24) is 0 Å². The fourth-order valence-corrected chi connectivity index (χ4v) is 2.19. The second-order valence-electron chi connectivity index (χ2n) is 4.47. The molecule has 0 radical (unpaired) electrons. The quantitative estimate of drug-likeness (QED) is 0.841. The molecule has 1 aromatic carbocycles. The van der Waals surface area contributed by atoms with Gasteiger partial charge in [-0.1, -0.05) is 13.8 Å². The van der Waals surface area contributed by atoms with E-state index < -0.39 is 5.79 Å². The van der Waals surface area contributed by atoms with Crippen molar-refractivity contribution in [2.24, 2.45) is 0 Å². The fraction of sp³-hybridized carbons (Fsp3) is 0.500. The largest absolute Gasteiger partial charge is 0.448 e. The molecule has 0 spiro atoms. The van der Waals surface area contributed by atoms with E-state index in [9.17, 15) is 4.79 Å². The topological polar surface area (TPSA) is 47.6 Å². The third kappa shape index (κ3) is 2.95. The molecule has 1 aliphatic rings. The van der Waals surface area contributed by atoms with Crippen molar-refractivity contribution >= 4 is 23.2 Å². The summed E-state index contributed by atoms with van der Waals surface area (Å²) in [5.74, 6) is 1.03. The van der Waals surface area contributed by atoms with E-state index in [1.54, 1.807) is 12.1 Å². The summed E-state index contributed by atoms with van der Waals surface area (Å²) in [6.45, 7) is 4.05. The van der Waals surface area contributed by atoms with Crippen LogP contribution in [0.15, 0.2) is 18.2 Å². The molecule has 5 heteroatoms. The Kier molecular flexibility index (Phi) is 4.20. The molecule has 0 bridgehead atoms. The van der Waals surface area contributed by atoms with Gasteiger partial charge < -0.3 is 14.8 Å². The smallest absolute Gasteiger partial charge is 0.251 e. The molecule has 0 fully saturated rings. The van der Waals surface area contributed by atoms with E-state index in [2.05, 4.69) is 5.32 Å². The SMILES string of the molecule is CCC1(CC)Oc2ccc(NC(=O)CCCl)cc2O1. The summed E-state index contributed by atoms with van der Waals surface area (Å²) >= 11 is 5.53. The molecule has 19 heavy (non-hydrogen) atoms. The molecule has 0 saturated heterocycles. The average Bonchev–Trinajstić information content (AvgIpc) is 2.77. The number of anilines is 1. The van der Waals surface area contributed by atoms with E-state index in [0.717, 1.165) is 18.6 Å². The lowest BCUT2D eigenvalue weighted by molar-refractivity contribution is -0.115. The molecule has 104 valence electrons. The van der Waals surface area contributed by atoms with Crippen LogP contribution in [0.5, 0.6) is 11.5 Å². The highest BCUT2D eigenvalue weighted by Gasteiger charge is 2.38. The monoisotopic (exact) mass is 283 g/mol. The van der Waals surface area contributed by atoms with Crippen molar-refractivity contribution < 1.29 is 14.3 Å². The second kappa shape index (κ2) is 5.70. The first-order valence-corrected chi connectivity index (χ1v) is 7.04. The number of carbonyl (C=O) groups is 1. The molecule has 4 nitrogen and oxygen atoms in total. The summed E-state index contributed by atoms with van der Waals surface area (Å²) in [5, 5.41) is 2.78. The van der Waals surface area contributed by atoms with Gasteiger partial charge in [0.1, 0.15) is 0 Å². The van der Waals surface area contributed by atoms with Gasteiger partial charge in [0.05, 0.1) is 0 Å². The summed E-state index contributed by atoms with van der Waals surface area (Å²) in [6, 6.07) is 5.41. The molecule has 0 unspecified atom stereocenters. The van der Waals surface area contributed by atoms with Crippen LogP contribution < -0.4 is 14.8 Å². The molecule has 1 N–H and O–H groups in total. The number of halogens is 1. The maximum atomic E-state index is 11.5. The Morgan fingerprint density at radius 3 is 2.58 bits per heavy atom. The Balaban J connectivity index is 2.13. The van der Waals surface area contributed by atoms with Gasteiger partial charge in [0.2, 0.25) is 5.91 Å². The van der Waals surface area contributed by atoms with Crippen molar-refractivity contribution in [3.63, 3.8) is 0 Å². The molecule has 1 aromatic rings. The number of hydrogen-bond acceptors (Lipinski definition) is 3. The van der Waals surface area contributed by atoms with E-state index in [-0.39, 0.29) is 5.91 Å². The van der Waals surface area contributed by atoms with Crippen molar-refractivity contribution in [2.45, 2.75) is 38.9 Å². The minimum absolute atomic E-state index is 0.105. The molecule has 1 amide bonds. The molecular formula is C14H18ClNO3. The minimum atomic E-state index is -0.568. The van der Waals surface area contributed by atoms with Crippen LogP contribution in [-0.4, -0.2) is 17.6 Å². The van der Waals surface area contributed by atoms with Gasteiger partial charge in [0, 0.05) is 36.9 Å². The van der Waals surface area contributed by atoms with Crippen molar-refractivity contribution in [2.75, 3.05) is 11.2 Å². The van der Waals surface area contributed by atoms with Crippen LogP contribution in [0.25, 0.3) is 0 Å². The van der Waals surface area contributed by atoms with Crippen molar-refractivity contribution in [3.8, 4) is 11.5 Å². The van der Waals surface area contributed by atoms with Crippen LogP contribution in [0.2, 0.25) is 0 Å². The summed E-state index contributed by atoms with van der Waals surface area (Å²) < 4.78 is 11.7. The van der Waals surface area contributed by atoms with Gasteiger partial charge in [-0.25, -0.2) is 0 Å². The number of ether oxygens (including phenoxy) is 2. The Bertz CT molecular complexity index is 472. The standard InChI is InChI=1S/C14H18ClNO3/c1-3-14(4-2)18-11-6-5-10(9-12(11)19-14)16-13(17)7-8-15/h5-6,9H,3-4,7-8H2,1-2H3,(H,16,17). The molecule has 0 atom stereocenters. The number of carbonyl (C=O) groups excluding carboxylic acids is 1. The van der Waals surface area contributed by atoms with Gasteiger partial charge in [-0.05, 0) is 12.1 Å².